The van der Waals surface area contributed by atoms with Crippen molar-refractivity contribution in [3.8, 4) is 11.4 Å². The third kappa shape index (κ3) is 2.91. The Morgan fingerprint density at radius 1 is 1.19 bits per heavy atom. The van der Waals surface area contributed by atoms with Gasteiger partial charge in [-0.05, 0) is 42.5 Å². The van der Waals surface area contributed by atoms with Gasteiger partial charge >= 0.3 is 0 Å². The van der Waals surface area contributed by atoms with Crippen LogP contribution in [0, 0.1) is 0 Å². The Morgan fingerprint density at radius 3 is 2.77 bits per heavy atom. The van der Waals surface area contributed by atoms with Crippen LogP contribution in [0.25, 0.3) is 32.5 Å². The van der Waals surface area contributed by atoms with Crippen LogP contribution in [0.5, 0.6) is 0 Å². The van der Waals surface area contributed by atoms with E-state index in [9.17, 15) is 13.9 Å². The zero-order valence-corrected chi connectivity index (χ0v) is 15.0. The van der Waals surface area contributed by atoms with Crippen LogP contribution in [-0.2, 0) is 0 Å². The molecule has 0 saturated carbocycles. The third-order valence-corrected chi connectivity index (χ3v) is 5.96. The van der Waals surface area contributed by atoms with Gasteiger partial charge in [-0.15, -0.1) is 11.3 Å². The summed E-state index contributed by atoms with van der Waals surface area (Å²) in [7, 11) is 0. The van der Waals surface area contributed by atoms with Gasteiger partial charge in [0.2, 0.25) is 0 Å². The third-order valence-electron chi connectivity index (χ3n) is 4.81. The lowest BCUT2D eigenvalue weighted by atomic mass is 9.93. The van der Waals surface area contributed by atoms with E-state index in [0.29, 0.717) is 17.1 Å². The number of alkyl halides is 2. The maximum absolute atomic E-state index is 13.0. The molecule has 3 heterocycles. The molecule has 136 valence electrons. The SMILES string of the molecule is CCC(CCO)c1ccc2cc(-c3n[nH]c4cc(C(F)F)sc34)[nH]c2c1. The first-order chi connectivity index (χ1) is 12.6. The second kappa shape index (κ2) is 6.81. The average molecular weight is 375 g/mol. The highest BCUT2D eigenvalue weighted by molar-refractivity contribution is 7.19. The van der Waals surface area contributed by atoms with Crippen molar-refractivity contribution in [1.29, 1.82) is 0 Å². The molecule has 0 bridgehead atoms. The quantitative estimate of drug-likeness (QED) is 0.411. The summed E-state index contributed by atoms with van der Waals surface area (Å²) in [6, 6.07) is 9.69. The largest absolute Gasteiger partial charge is 0.396 e. The number of thiophene rings is 1. The minimum Gasteiger partial charge on any atom is -0.396 e. The molecule has 0 aliphatic rings. The van der Waals surface area contributed by atoms with E-state index in [-0.39, 0.29) is 11.5 Å². The molecule has 3 aromatic heterocycles. The van der Waals surface area contributed by atoms with Gasteiger partial charge in [0, 0.05) is 17.5 Å². The summed E-state index contributed by atoms with van der Waals surface area (Å²) in [5, 5.41) is 17.4. The van der Waals surface area contributed by atoms with Crippen molar-refractivity contribution in [2.24, 2.45) is 0 Å². The van der Waals surface area contributed by atoms with E-state index in [2.05, 4.69) is 34.2 Å². The van der Waals surface area contributed by atoms with Crippen molar-refractivity contribution in [2.45, 2.75) is 32.1 Å². The number of nitrogens with one attached hydrogen (secondary N) is 2. The molecular weight excluding hydrogens is 356 g/mol. The summed E-state index contributed by atoms with van der Waals surface area (Å²) in [5.41, 5.74) is 4.27. The Kier molecular flexibility index (Phi) is 4.50. The lowest BCUT2D eigenvalue weighted by Gasteiger charge is -2.13. The second-order valence-corrected chi connectivity index (χ2v) is 7.50. The smallest absolute Gasteiger partial charge is 0.272 e. The summed E-state index contributed by atoms with van der Waals surface area (Å²) in [5.74, 6) is 0.319. The predicted octanol–water partition coefficient (Wildman–Crippen LogP) is 5.59. The van der Waals surface area contributed by atoms with Gasteiger partial charge < -0.3 is 10.1 Å². The molecule has 1 atom stereocenters. The second-order valence-electron chi connectivity index (χ2n) is 6.41. The predicted molar refractivity (Wildman–Crippen MR) is 101 cm³/mol. The van der Waals surface area contributed by atoms with E-state index in [0.717, 1.165) is 45.5 Å². The fourth-order valence-corrected chi connectivity index (χ4v) is 4.38. The molecule has 0 aliphatic heterocycles. The van der Waals surface area contributed by atoms with Gasteiger partial charge in [-0.2, -0.15) is 5.10 Å². The van der Waals surface area contributed by atoms with Crippen molar-refractivity contribution >= 4 is 32.5 Å². The number of benzene rings is 1. The maximum Gasteiger partial charge on any atom is 0.272 e. The van der Waals surface area contributed by atoms with Crippen LogP contribution in [0.4, 0.5) is 8.78 Å². The van der Waals surface area contributed by atoms with E-state index in [4.69, 9.17) is 0 Å². The van der Waals surface area contributed by atoms with Gasteiger partial charge in [0.05, 0.1) is 20.8 Å². The van der Waals surface area contributed by atoms with Crippen LogP contribution < -0.4 is 0 Å². The number of H-pyrrole nitrogens is 2. The number of aromatic amines is 2. The van der Waals surface area contributed by atoms with Crippen molar-refractivity contribution in [3.05, 3.63) is 40.8 Å². The van der Waals surface area contributed by atoms with Gasteiger partial charge in [0.25, 0.3) is 6.43 Å². The van der Waals surface area contributed by atoms with Crippen molar-refractivity contribution in [2.75, 3.05) is 6.61 Å². The van der Waals surface area contributed by atoms with Crippen LogP contribution >= 0.6 is 11.3 Å². The molecular formula is C19H19F2N3OS. The van der Waals surface area contributed by atoms with Crippen LogP contribution in [-0.4, -0.2) is 26.9 Å². The first kappa shape index (κ1) is 17.2. The molecule has 0 aliphatic carbocycles. The summed E-state index contributed by atoms with van der Waals surface area (Å²) in [4.78, 5) is 3.41. The zero-order valence-electron chi connectivity index (χ0n) is 14.2. The number of halogens is 2. The number of hydrogen-bond donors (Lipinski definition) is 3. The van der Waals surface area contributed by atoms with Crippen LogP contribution in [0.15, 0.2) is 30.3 Å². The molecule has 4 aromatic rings. The van der Waals surface area contributed by atoms with E-state index < -0.39 is 6.43 Å². The van der Waals surface area contributed by atoms with E-state index in [1.807, 2.05) is 12.1 Å². The molecule has 3 N–H and O–H groups in total. The van der Waals surface area contributed by atoms with Crippen molar-refractivity contribution in [1.82, 2.24) is 15.2 Å². The van der Waals surface area contributed by atoms with Gasteiger partial charge in [0.1, 0.15) is 5.69 Å². The maximum atomic E-state index is 13.0. The fourth-order valence-electron chi connectivity index (χ4n) is 3.41. The number of aromatic nitrogens is 3. The number of aliphatic hydroxyl groups is 1. The molecule has 26 heavy (non-hydrogen) atoms. The molecule has 0 fully saturated rings. The molecule has 4 nitrogen and oxygen atoms in total. The van der Waals surface area contributed by atoms with Gasteiger partial charge in [-0.25, -0.2) is 8.78 Å². The molecule has 0 amide bonds. The minimum absolute atomic E-state index is 0.0445. The summed E-state index contributed by atoms with van der Waals surface area (Å²) >= 11 is 1.07. The van der Waals surface area contributed by atoms with E-state index in [1.165, 1.54) is 11.6 Å². The highest BCUT2D eigenvalue weighted by atomic mass is 32.1. The number of nitrogens with zero attached hydrogens (tertiary/aromatic N) is 1. The number of rotatable bonds is 6. The molecule has 0 radical (unpaired) electrons. The summed E-state index contributed by atoms with van der Waals surface area (Å²) in [6.45, 7) is 2.28. The number of aliphatic hydroxyl groups excluding tert-OH is 1. The van der Waals surface area contributed by atoms with Crippen LogP contribution in [0.2, 0.25) is 0 Å². The van der Waals surface area contributed by atoms with Crippen LogP contribution in [0.1, 0.15) is 42.5 Å². The standard InChI is InChI=1S/C19H19F2N3OS/c1-2-10(5-6-25)11-3-4-12-8-14(22-13(12)7-11)17-18-15(23-24-17)9-16(26-18)19(20)21/h3-4,7-10,19,22,25H,2,5-6H2,1H3,(H,23,24). The Balaban J connectivity index is 1.75. The summed E-state index contributed by atoms with van der Waals surface area (Å²) in [6.07, 6.45) is -0.775. The van der Waals surface area contributed by atoms with Crippen molar-refractivity contribution < 1.29 is 13.9 Å². The van der Waals surface area contributed by atoms with Gasteiger partial charge in [-0.3, -0.25) is 5.10 Å². The minimum atomic E-state index is -2.48. The molecule has 0 saturated heterocycles. The first-order valence-corrected chi connectivity index (χ1v) is 9.42. The van der Waals surface area contributed by atoms with Crippen LogP contribution in [0.3, 0.4) is 0 Å². The van der Waals surface area contributed by atoms with Gasteiger partial charge in [-0.1, -0.05) is 19.1 Å². The topological polar surface area (TPSA) is 64.7 Å². The highest BCUT2D eigenvalue weighted by Crippen LogP contribution is 2.38. The summed E-state index contributed by atoms with van der Waals surface area (Å²) < 4.78 is 26.6. The normalized spacial score (nSPS) is 13.3. The molecule has 7 heteroatoms. The number of fused-ring (bicyclic) bond motifs is 2. The molecule has 0 spiro atoms. The van der Waals surface area contributed by atoms with Gasteiger partial charge in [0.15, 0.2) is 0 Å². The Morgan fingerprint density at radius 2 is 2.04 bits per heavy atom. The Bertz CT molecular complexity index is 1050. The number of hydrogen-bond acceptors (Lipinski definition) is 3. The molecule has 1 unspecified atom stereocenters. The monoisotopic (exact) mass is 375 g/mol. The van der Waals surface area contributed by atoms with E-state index in [1.54, 1.807) is 0 Å². The van der Waals surface area contributed by atoms with Crippen molar-refractivity contribution in [3.63, 3.8) is 0 Å². The Labute approximate surface area is 152 Å². The first-order valence-electron chi connectivity index (χ1n) is 8.60. The Hall–Kier alpha value is -2.25. The lowest BCUT2D eigenvalue weighted by molar-refractivity contribution is 0.156. The lowest BCUT2D eigenvalue weighted by Crippen LogP contribution is -2.00. The average Bonchev–Trinajstić information content (AvgIpc) is 3.31. The fraction of sp³-hybridized carbons (Fsp3) is 0.316. The molecule has 4 rings (SSSR count). The van der Waals surface area contributed by atoms with E-state index >= 15 is 0 Å². The zero-order chi connectivity index (χ0) is 18.3. The molecule has 1 aromatic carbocycles. The highest BCUT2D eigenvalue weighted by Gasteiger charge is 2.18.